The molecule has 3 aromatic carbocycles. The van der Waals surface area contributed by atoms with E-state index >= 15 is 0 Å². The van der Waals surface area contributed by atoms with Crippen LogP contribution in [0.25, 0.3) is 10.8 Å². The number of fused-ring (bicyclic) bond motifs is 1. The van der Waals surface area contributed by atoms with E-state index in [1.807, 2.05) is 16.9 Å². The molecule has 0 radical (unpaired) electrons. The van der Waals surface area contributed by atoms with Crippen LogP contribution in [0, 0.1) is 0 Å². The Labute approximate surface area is 194 Å². The van der Waals surface area contributed by atoms with Gasteiger partial charge in [-0.15, -0.1) is 24.0 Å². The third-order valence-electron chi connectivity index (χ3n) is 4.95. The molecule has 0 unspecified atom stereocenters. The Morgan fingerprint density at radius 3 is 2.37 bits per heavy atom. The van der Waals surface area contributed by atoms with E-state index in [0.717, 1.165) is 19.0 Å². The zero-order chi connectivity index (χ0) is 19.9. The van der Waals surface area contributed by atoms with Crippen LogP contribution in [0.3, 0.4) is 0 Å². The molecule has 0 spiro atoms. The van der Waals surface area contributed by atoms with Gasteiger partial charge in [0.15, 0.2) is 5.96 Å². The highest BCUT2D eigenvalue weighted by atomic mass is 127. The Bertz CT molecular complexity index is 1110. The van der Waals surface area contributed by atoms with Gasteiger partial charge in [0, 0.05) is 32.5 Å². The molecule has 154 valence electrons. The lowest BCUT2D eigenvalue weighted by Gasteiger charge is -2.15. The van der Waals surface area contributed by atoms with Crippen LogP contribution >= 0.6 is 24.0 Å². The van der Waals surface area contributed by atoms with Gasteiger partial charge in [-0.2, -0.15) is 5.10 Å². The molecule has 1 heterocycles. The molecule has 0 bridgehead atoms. The largest absolute Gasteiger partial charge is 0.352 e. The third kappa shape index (κ3) is 5.60. The maximum absolute atomic E-state index is 4.36. The highest BCUT2D eigenvalue weighted by Crippen LogP contribution is 2.15. The SMILES string of the molecule is CN=C(NCc1ccc2ccccc2c1)NCc1ccccc1Cn1cccn1.I. The van der Waals surface area contributed by atoms with Crippen LogP contribution in [0.2, 0.25) is 0 Å². The van der Waals surface area contributed by atoms with Gasteiger partial charge in [0.2, 0.25) is 0 Å². The Morgan fingerprint density at radius 2 is 1.60 bits per heavy atom. The Kier molecular flexibility index (Phi) is 7.84. The van der Waals surface area contributed by atoms with Gasteiger partial charge in [0.25, 0.3) is 0 Å². The lowest BCUT2D eigenvalue weighted by atomic mass is 10.1. The van der Waals surface area contributed by atoms with E-state index in [4.69, 9.17) is 0 Å². The van der Waals surface area contributed by atoms with E-state index in [0.29, 0.717) is 6.54 Å². The van der Waals surface area contributed by atoms with E-state index in [1.165, 1.54) is 27.5 Å². The number of halogens is 1. The number of benzene rings is 3. The number of nitrogens with zero attached hydrogens (tertiary/aromatic N) is 3. The van der Waals surface area contributed by atoms with Crippen molar-refractivity contribution < 1.29 is 0 Å². The van der Waals surface area contributed by atoms with Crippen molar-refractivity contribution in [2.75, 3.05) is 7.05 Å². The summed E-state index contributed by atoms with van der Waals surface area (Å²) >= 11 is 0. The highest BCUT2D eigenvalue weighted by molar-refractivity contribution is 14.0. The lowest BCUT2D eigenvalue weighted by Crippen LogP contribution is -2.36. The number of aliphatic imine (C=N–C) groups is 1. The van der Waals surface area contributed by atoms with Crippen LogP contribution in [0.1, 0.15) is 16.7 Å². The summed E-state index contributed by atoms with van der Waals surface area (Å²) in [6, 6.07) is 25.3. The van der Waals surface area contributed by atoms with Crippen LogP contribution in [0.5, 0.6) is 0 Å². The fraction of sp³-hybridized carbons (Fsp3) is 0.167. The first-order valence-electron chi connectivity index (χ1n) is 9.78. The topological polar surface area (TPSA) is 54.2 Å². The number of guanidine groups is 1. The van der Waals surface area contributed by atoms with E-state index < -0.39 is 0 Å². The Morgan fingerprint density at radius 1 is 0.867 bits per heavy atom. The molecular weight excluding hydrogens is 485 g/mol. The summed E-state index contributed by atoms with van der Waals surface area (Å²) in [7, 11) is 1.80. The van der Waals surface area contributed by atoms with Gasteiger partial charge >= 0.3 is 0 Å². The van der Waals surface area contributed by atoms with Gasteiger partial charge in [-0.25, -0.2) is 0 Å². The molecule has 30 heavy (non-hydrogen) atoms. The maximum Gasteiger partial charge on any atom is 0.191 e. The predicted molar refractivity (Wildman–Crippen MR) is 134 cm³/mol. The van der Waals surface area contributed by atoms with Gasteiger partial charge < -0.3 is 10.6 Å². The second-order valence-electron chi connectivity index (χ2n) is 6.93. The number of aromatic nitrogens is 2. The summed E-state index contributed by atoms with van der Waals surface area (Å²) in [4.78, 5) is 4.36. The van der Waals surface area contributed by atoms with Crippen molar-refractivity contribution in [3.8, 4) is 0 Å². The number of nitrogens with one attached hydrogen (secondary N) is 2. The fourth-order valence-corrected chi connectivity index (χ4v) is 3.39. The Hall–Kier alpha value is -2.87. The number of hydrogen-bond acceptors (Lipinski definition) is 2. The van der Waals surface area contributed by atoms with Crippen molar-refractivity contribution in [3.05, 3.63) is 102 Å². The molecule has 5 nitrogen and oxygen atoms in total. The molecule has 1 aromatic heterocycles. The zero-order valence-corrected chi connectivity index (χ0v) is 19.3. The van der Waals surface area contributed by atoms with E-state index in [2.05, 4.69) is 87.5 Å². The van der Waals surface area contributed by atoms with Crippen molar-refractivity contribution in [2.45, 2.75) is 19.6 Å². The summed E-state index contributed by atoms with van der Waals surface area (Å²) in [5.41, 5.74) is 3.70. The number of hydrogen-bond donors (Lipinski definition) is 2. The molecule has 2 N–H and O–H groups in total. The van der Waals surface area contributed by atoms with Crippen LogP contribution < -0.4 is 10.6 Å². The van der Waals surface area contributed by atoms with Crippen LogP contribution in [0.15, 0.2) is 90.2 Å². The molecular formula is C24H26IN5. The van der Waals surface area contributed by atoms with Crippen molar-refractivity contribution >= 4 is 40.7 Å². The normalized spacial score (nSPS) is 11.2. The summed E-state index contributed by atoms with van der Waals surface area (Å²) in [5, 5.41) is 13.6. The molecule has 0 saturated heterocycles. The average Bonchev–Trinajstić information content (AvgIpc) is 3.28. The first kappa shape index (κ1) is 21.8. The average molecular weight is 511 g/mol. The van der Waals surface area contributed by atoms with Gasteiger partial charge in [-0.05, 0) is 39.6 Å². The minimum atomic E-state index is 0. The summed E-state index contributed by atoms with van der Waals surface area (Å²) < 4.78 is 1.94. The monoisotopic (exact) mass is 511 g/mol. The van der Waals surface area contributed by atoms with E-state index in [1.54, 1.807) is 13.2 Å². The third-order valence-corrected chi connectivity index (χ3v) is 4.95. The van der Waals surface area contributed by atoms with E-state index in [-0.39, 0.29) is 24.0 Å². The molecule has 0 aliphatic heterocycles. The van der Waals surface area contributed by atoms with Crippen LogP contribution in [0.4, 0.5) is 0 Å². The Balaban J connectivity index is 0.00000256. The predicted octanol–water partition coefficient (Wildman–Crippen LogP) is 4.57. The molecule has 0 amide bonds. The minimum Gasteiger partial charge on any atom is -0.352 e. The highest BCUT2D eigenvalue weighted by Gasteiger charge is 2.05. The molecule has 0 saturated carbocycles. The summed E-state index contributed by atoms with van der Waals surface area (Å²) in [6.45, 7) is 2.18. The molecule has 4 rings (SSSR count). The minimum absolute atomic E-state index is 0. The van der Waals surface area contributed by atoms with Crippen molar-refractivity contribution in [1.82, 2.24) is 20.4 Å². The van der Waals surface area contributed by atoms with Gasteiger partial charge in [0.05, 0.1) is 6.54 Å². The lowest BCUT2D eigenvalue weighted by molar-refractivity contribution is 0.677. The van der Waals surface area contributed by atoms with Crippen molar-refractivity contribution in [1.29, 1.82) is 0 Å². The number of rotatable bonds is 6. The van der Waals surface area contributed by atoms with Gasteiger partial charge in [-0.3, -0.25) is 9.67 Å². The van der Waals surface area contributed by atoms with Gasteiger partial charge in [0.1, 0.15) is 0 Å². The standard InChI is InChI=1S/C24H25N5.HI/c1-25-24(26-16-19-11-12-20-7-2-3-8-21(20)15-19)27-17-22-9-4-5-10-23(22)18-29-14-6-13-28-29;/h2-15H,16-18H2,1H3,(H2,25,26,27);1H. The molecule has 4 aromatic rings. The van der Waals surface area contributed by atoms with Crippen molar-refractivity contribution in [2.24, 2.45) is 4.99 Å². The second-order valence-corrected chi connectivity index (χ2v) is 6.93. The quantitative estimate of drug-likeness (QED) is 0.227. The van der Waals surface area contributed by atoms with Gasteiger partial charge in [-0.1, -0.05) is 60.7 Å². The molecule has 0 fully saturated rings. The molecule has 0 aliphatic rings. The van der Waals surface area contributed by atoms with E-state index in [9.17, 15) is 0 Å². The zero-order valence-electron chi connectivity index (χ0n) is 17.0. The first-order chi connectivity index (χ1) is 14.3. The smallest absolute Gasteiger partial charge is 0.191 e. The first-order valence-corrected chi connectivity index (χ1v) is 9.78. The molecule has 6 heteroatoms. The van der Waals surface area contributed by atoms with Crippen LogP contribution in [-0.2, 0) is 19.6 Å². The molecule has 0 atom stereocenters. The maximum atomic E-state index is 4.36. The van der Waals surface area contributed by atoms with Crippen LogP contribution in [-0.4, -0.2) is 22.8 Å². The fourth-order valence-electron chi connectivity index (χ4n) is 3.39. The summed E-state index contributed by atoms with van der Waals surface area (Å²) in [5.74, 6) is 0.784. The van der Waals surface area contributed by atoms with Crippen molar-refractivity contribution in [3.63, 3.8) is 0 Å². The molecule has 0 aliphatic carbocycles. The summed E-state index contributed by atoms with van der Waals surface area (Å²) in [6.07, 6.45) is 3.79. The second kappa shape index (κ2) is 10.8.